The molecule has 0 unspecified atom stereocenters. The van der Waals surface area contributed by atoms with E-state index in [1.807, 2.05) is 37.3 Å². The average molecular weight is 373 g/mol. The number of nitrogens with one attached hydrogen (secondary N) is 1. The highest BCUT2D eigenvalue weighted by atomic mass is 32.1. The van der Waals surface area contributed by atoms with Gasteiger partial charge in [0.15, 0.2) is 0 Å². The van der Waals surface area contributed by atoms with Crippen molar-refractivity contribution in [1.82, 2.24) is 10.3 Å². The number of thiophene rings is 1. The summed E-state index contributed by atoms with van der Waals surface area (Å²) >= 11 is 3.40. The van der Waals surface area contributed by atoms with Crippen LogP contribution in [0.1, 0.15) is 16.3 Å². The fourth-order valence-corrected chi connectivity index (χ4v) is 3.97. The van der Waals surface area contributed by atoms with E-state index in [0.717, 1.165) is 22.9 Å². The lowest BCUT2D eigenvalue weighted by Crippen LogP contribution is -2.26. The predicted molar refractivity (Wildman–Crippen MR) is 103 cm³/mol. The lowest BCUT2D eigenvalue weighted by atomic mass is 10.3. The van der Waals surface area contributed by atoms with Crippen molar-refractivity contribution in [2.45, 2.75) is 19.8 Å². The summed E-state index contributed by atoms with van der Waals surface area (Å²) in [6, 6.07) is 13.7. The Labute approximate surface area is 155 Å². The number of carbonyl (C=O) groups excluding carboxylic acids is 1. The summed E-state index contributed by atoms with van der Waals surface area (Å²) < 4.78 is 5.53. The Balaban J connectivity index is 1.36. The van der Waals surface area contributed by atoms with E-state index in [0.29, 0.717) is 19.6 Å². The molecule has 1 aromatic carbocycles. The third kappa shape index (κ3) is 5.41. The molecule has 0 spiro atoms. The smallest absolute Gasteiger partial charge is 0.223 e. The molecule has 0 atom stereocenters. The highest BCUT2D eigenvalue weighted by Gasteiger charge is 2.07. The largest absolute Gasteiger partial charge is 0.493 e. The molecule has 0 bridgehead atoms. The van der Waals surface area contributed by atoms with Crippen molar-refractivity contribution in [2.75, 3.05) is 13.2 Å². The number of ether oxygens (including phenoxy) is 1. The zero-order valence-electron chi connectivity index (χ0n) is 14.0. The molecule has 0 fully saturated rings. The molecule has 6 heteroatoms. The lowest BCUT2D eigenvalue weighted by Gasteiger charge is -2.06. The standard InChI is InChI=1S/C19H20N2O2S2/c1-14-21-17(13-24-14)18-8-7-16(25-18)9-11-20-19(22)10-12-23-15-5-3-2-4-6-15/h2-8,13H,9-12H2,1H3,(H,20,22). The first-order chi connectivity index (χ1) is 12.2. The Morgan fingerprint density at radius 2 is 2.04 bits per heavy atom. The SMILES string of the molecule is Cc1nc(-c2ccc(CCNC(=O)CCOc3ccccc3)s2)cs1. The van der Waals surface area contributed by atoms with E-state index in [-0.39, 0.29) is 5.91 Å². The number of carbonyl (C=O) groups is 1. The average Bonchev–Trinajstić information content (AvgIpc) is 3.25. The van der Waals surface area contributed by atoms with Crippen molar-refractivity contribution < 1.29 is 9.53 Å². The summed E-state index contributed by atoms with van der Waals surface area (Å²) in [4.78, 5) is 18.8. The van der Waals surface area contributed by atoms with Gasteiger partial charge in [-0.2, -0.15) is 0 Å². The molecule has 1 amide bonds. The van der Waals surface area contributed by atoms with E-state index in [9.17, 15) is 4.79 Å². The topological polar surface area (TPSA) is 51.2 Å². The first-order valence-electron chi connectivity index (χ1n) is 8.16. The molecule has 3 aromatic rings. The number of aryl methyl sites for hydroxylation is 1. The molecule has 4 nitrogen and oxygen atoms in total. The predicted octanol–water partition coefficient (Wildman–Crippen LogP) is 4.31. The molecule has 2 aromatic heterocycles. The summed E-state index contributed by atoms with van der Waals surface area (Å²) in [5.41, 5.74) is 1.04. The molecule has 0 saturated carbocycles. The second-order valence-corrected chi connectivity index (χ2v) is 7.76. The Morgan fingerprint density at radius 1 is 1.20 bits per heavy atom. The lowest BCUT2D eigenvalue weighted by molar-refractivity contribution is -0.121. The molecule has 0 aliphatic rings. The maximum atomic E-state index is 11.9. The Hall–Kier alpha value is -2.18. The van der Waals surface area contributed by atoms with E-state index in [2.05, 4.69) is 27.8 Å². The highest BCUT2D eigenvalue weighted by molar-refractivity contribution is 7.16. The van der Waals surface area contributed by atoms with Crippen LogP contribution in [0, 0.1) is 6.92 Å². The molecule has 0 radical (unpaired) electrons. The summed E-state index contributed by atoms with van der Waals surface area (Å²) in [7, 11) is 0. The van der Waals surface area contributed by atoms with Crippen LogP contribution in [0.2, 0.25) is 0 Å². The second kappa shape index (κ2) is 8.78. The molecule has 25 heavy (non-hydrogen) atoms. The van der Waals surface area contributed by atoms with Gasteiger partial charge >= 0.3 is 0 Å². The molecular formula is C19H20N2O2S2. The van der Waals surface area contributed by atoms with Crippen molar-refractivity contribution >= 4 is 28.6 Å². The third-order valence-corrected chi connectivity index (χ3v) is 5.51. The maximum Gasteiger partial charge on any atom is 0.223 e. The molecule has 0 aliphatic heterocycles. The molecule has 2 heterocycles. The molecule has 0 saturated heterocycles. The number of amides is 1. The van der Waals surface area contributed by atoms with E-state index in [1.54, 1.807) is 22.7 Å². The highest BCUT2D eigenvalue weighted by Crippen LogP contribution is 2.29. The molecule has 130 valence electrons. The van der Waals surface area contributed by atoms with Gasteiger partial charge < -0.3 is 10.1 Å². The van der Waals surface area contributed by atoms with E-state index < -0.39 is 0 Å². The first kappa shape index (κ1) is 17.6. The molecule has 0 aliphatic carbocycles. The van der Waals surface area contributed by atoms with Gasteiger partial charge in [-0.25, -0.2) is 4.98 Å². The number of aromatic nitrogens is 1. The number of para-hydroxylation sites is 1. The maximum absolute atomic E-state index is 11.9. The summed E-state index contributed by atoms with van der Waals surface area (Å²) in [6.45, 7) is 3.04. The fourth-order valence-electron chi connectivity index (χ4n) is 2.32. The normalized spacial score (nSPS) is 10.6. The van der Waals surface area contributed by atoms with Crippen molar-refractivity contribution in [1.29, 1.82) is 0 Å². The van der Waals surface area contributed by atoms with Crippen molar-refractivity contribution in [3.63, 3.8) is 0 Å². The van der Waals surface area contributed by atoms with Crippen molar-refractivity contribution in [3.8, 4) is 16.3 Å². The van der Waals surface area contributed by atoms with Crippen LogP contribution < -0.4 is 10.1 Å². The van der Waals surface area contributed by atoms with Crippen LogP contribution in [-0.4, -0.2) is 24.0 Å². The monoisotopic (exact) mass is 372 g/mol. The van der Waals surface area contributed by atoms with Crippen LogP contribution in [0.3, 0.4) is 0 Å². The number of hydrogen-bond acceptors (Lipinski definition) is 5. The molecular weight excluding hydrogens is 352 g/mol. The number of benzene rings is 1. The van der Waals surface area contributed by atoms with Crippen LogP contribution in [-0.2, 0) is 11.2 Å². The van der Waals surface area contributed by atoms with Gasteiger partial charge in [-0.3, -0.25) is 4.79 Å². The third-order valence-electron chi connectivity index (χ3n) is 3.57. The number of rotatable bonds is 8. The van der Waals surface area contributed by atoms with Gasteiger partial charge in [0, 0.05) is 16.8 Å². The number of thiazole rings is 1. The second-order valence-electron chi connectivity index (χ2n) is 5.53. The minimum Gasteiger partial charge on any atom is -0.493 e. The minimum absolute atomic E-state index is 0.0165. The van der Waals surface area contributed by atoms with Crippen LogP contribution in [0.25, 0.3) is 10.6 Å². The summed E-state index contributed by atoms with van der Waals surface area (Å²) in [6.07, 6.45) is 1.20. The van der Waals surface area contributed by atoms with Gasteiger partial charge in [0.1, 0.15) is 5.75 Å². The van der Waals surface area contributed by atoms with E-state index in [1.165, 1.54) is 9.75 Å². The molecule has 3 rings (SSSR count). The van der Waals surface area contributed by atoms with Gasteiger partial charge in [-0.15, -0.1) is 22.7 Å². The van der Waals surface area contributed by atoms with Gasteiger partial charge in [-0.1, -0.05) is 18.2 Å². The van der Waals surface area contributed by atoms with Gasteiger partial charge in [0.25, 0.3) is 0 Å². The van der Waals surface area contributed by atoms with Crippen LogP contribution in [0.4, 0.5) is 0 Å². The van der Waals surface area contributed by atoms with Gasteiger partial charge in [-0.05, 0) is 37.6 Å². The van der Waals surface area contributed by atoms with Crippen LogP contribution in [0.15, 0.2) is 47.8 Å². The molecule has 1 N–H and O–H groups in total. The minimum atomic E-state index is 0.0165. The van der Waals surface area contributed by atoms with Crippen LogP contribution in [0.5, 0.6) is 5.75 Å². The fraction of sp³-hybridized carbons (Fsp3) is 0.263. The van der Waals surface area contributed by atoms with Gasteiger partial charge in [0.2, 0.25) is 5.91 Å². The zero-order chi connectivity index (χ0) is 17.5. The Morgan fingerprint density at radius 3 is 2.80 bits per heavy atom. The zero-order valence-corrected chi connectivity index (χ0v) is 15.7. The van der Waals surface area contributed by atoms with Crippen molar-refractivity contribution in [2.24, 2.45) is 0 Å². The van der Waals surface area contributed by atoms with E-state index in [4.69, 9.17) is 4.74 Å². The summed E-state index contributed by atoms with van der Waals surface area (Å²) in [5.74, 6) is 0.807. The Kier molecular flexibility index (Phi) is 6.19. The van der Waals surface area contributed by atoms with Crippen molar-refractivity contribution in [3.05, 3.63) is 57.7 Å². The number of hydrogen-bond donors (Lipinski definition) is 1. The van der Waals surface area contributed by atoms with Gasteiger partial charge in [0.05, 0.1) is 28.6 Å². The first-order valence-corrected chi connectivity index (χ1v) is 9.86. The summed E-state index contributed by atoms with van der Waals surface area (Å²) in [5, 5.41) is 6.11. The quantitative estimate of drug-likeness (QED) is 0.641. The van der Waals surface area contributed by atoms with E-state index >= 15 is 0 Å². The number of nitrogens with zero attached hydrogens (tertiary/aromatic N) is 1. The van der Waals surface area contributed by atoms with Crippen LogP contribution >= 0.6 is 22.7 Å². The Bertz CT molecular complexity index is 812.